The maximum absolute atomic E-state index is 12.3. The first-order valence-corrected chi connectivity index (χ1v) is 8.09. The molecule has 0 fully saturated rings. The highest BCUT2D eigenvalue weighted by Gasteiger charge is 2.13. The lowest BCUT2D eigenvalue weighted by Crippen LogP contribution is -2.26. The molecule has 0 saturated carbocycles. The van der Waals surface area contributed by atoms with E-state index in [-0.39, 0.29) is 12.5 Å². The highest BCUT2D eigenvalue weighted by molar-refractivity contribution is 5.99. The van der Waals surface area contributed by atoms with Crippen LogP contribution in [0.25, 0.3) is 10.9 Å². The highest BCUT2D eigenvalue weighted by atomic mass is 16.2. The molecule has 1 N–H and O–H groups in total. The number of hydrogen-bond donors (Lipinski definition) is 1. The minimum absolute atomic E-state index is 0.0703. The molecule has 0 bridgehead atoms. The molecule has 0 atom stereocenters. The van der Waals surface area contributed by atoms with E-state index in [2.05, 4.69) is 12.2 Å². The van der Waals surface area contributed by atoms with E-state index >= 15 is 0 Å². The van der Waals surface area contributed by atoms with Gasteiger partial charge in [0.25, 0.3) is 0 Å². The van der Waals surface area contributed by atoms with Gasteiger partial charge in [-0.2, -0.15) is 0 Å². The molecule has 3 aromatic rings. The van der Waals surface area contributed by atoms with Crippen LogP contribution in [0, 0.1) is 0 Å². The number of rotatable bonds is 6. The van der Waals surface area contributed by atoms with E-state index in [1.807, 2.05) is 53.1 Å². The van der Waals surface area contributed by atoms with Gasteiger partial charge in [0.1, 0.15) is 6.54 Å². The van der Waals surface area contributed by atoms with Gasteiger partial charge in [-0.25, -0.2) is 0 Å². The van der Waals surface area contributed by atoms with E-state index in [1.165, 1.54) is 0 Å². The van der Waals surface area contributed by atoms with Crippen molar-refractivity contribution in [2.45, 2.75) is 26.4 Å². The number of fused-ring (bicyclic) bond motifs is 1. The van der Waals surface area contributed by atoms with Crippen LogP contribution in [0.3, 0.4) is 0 Å². The van der Waals surface area contributed by atoms with Crippen LogP contribution in [-0.4, -0.2) is 16.8 Å². The van der Waals surface area contributed by atoms with Gasteiger partial charge in [0, 0.05) is 23.7 Å². The number of nitrogens with one attached hydrogen (secondary N) is 1. The zero-order chi connectivity index (χ0) is 16.9. The summed E-state index contributed by atoms with van der Waals surface area (Å²) < 4.78 is 1.87. The molecule has 4 heteroatoms. The molecule has 0 aliphatic heterocycles. The van der Waals surface area contributed by atoms with E-state index in [0.717, 1.165) is 34.7 Å². The van der Waals surface area contributed by atoms with Crippen molar-refractivity contribution in [3.8, 4) is 0 Å². The van der Waals surface area contributed by atoms with Crippen LogP contribution < -0.4 is 5.32 Å². The number of aromatic nitrogens is 1. The molecule has 3 rings (SSSR count). The third-order valence-corrected chi connectivity index (χ3v) is 4.17. The molecule has 0 radical (unpaired) electrons. The molecule has 1 heterocycles. The van der Waals surface area contributed by atoms with Crippen LogP contribution in [0.15, 0.2) is 54.7 Å². The number of hydrogen-bond acceptors (Lipinski definition) is 2. The predicted octanol–water partition coefficient (Wildman–Crippen LogP) is 3.33. The highest BCUT2D eigenvalue weighted by Crippen LogP contribution is 2.24. The molecule has 0 aliphatic carbocycles. The van der Waals surface area contributed by atoms with Gasteiger partial charge >= 0.3 is 0 Å². The Morgan fingerprint density at radius 2 is 1.92 bits per heavy atom. The van der Waals surface area contributed by atoms with Crippen molar-refractivity contribution in [2.24, 2.45) is 0 Å². The van der Waals surface area contributed by atoms with Crippen molar-refractivity contribution in [2.75, 3.05) is 0 Å². The Kier molecular flexibility index (Phi) is 4.75. The largest absolute Gasteiger partial charge is 0.350 e. The molecule has 122 valence electrons. The Morgan fingerprint density at radius 3 is 2.62 bits per heavy atom. The third kappa shape index (κ3) is 3.23. The quantitative estimate of drug-likeness (QED) is 0.708. The molecule has 0 aliphatic rings. The average molecular weight is 320 g/mol. The number of nitrogens with zero attached hydrogens (tertiary/aromatic N) is 1. The monoisotopic (exact) mass is 320 g/mol. The van der Waals surface area contributed by atoms with E-state index in [1.54, 1.807) is 6.20 Å². The number of carbonyl (C=O) groups is 2. The zero-order valence-electron chi connectivity index (χ0n) is 13.7. The Hall–Kier alpha value is -2.88. The maximum Gasteiger partial charge on any atom is 0.240 e. The second-order valence-electron chi connectivity index (χ2n) is 5.76. The first-order chi connectivity index (χ1) is 11.7. The lowest BCUT2D eigenvalue weighted by Gasteiger charge is -2.09. The fraction of sp³-hybridized carbons (Fsp3) is 0.200. The minimum atomic E-state index is -0.0703. The summed E-state index contributed by atoms with van der Waals surface area (Å²) in [6, 6.07) is 15.7. The smallest absolute Gasteiger partial charge is 0.240 e. The van der Waals surface area contributed by atoms with Crippen molar-refractivity contribution in [3.05, 3.63) is 71.4 Å². The van der Waals surface area contributed by atoms with Crippen molar-refractivity contribution >= 4 is 23.1 Å². The molecule has 0 unspecified atom stereocenters. The molecule has 1 amide bonds. The van der Waals surface area contributed by atoms with Gasteiger partial charge in [-0.1, -0.05) is 55.5 Å². The van der Waals surface area contributed by atoms with E-state index in [0.29, 0.717) is 12.1 Å². The van der Waals surface area contributed by atoms with Crippen LogP contribution in [0.1, 0.15) is 28.4 Å². The van der Waals surface area contributed by atoms with Crippen LogP contribution in [0.2, 0.25) is 0 Å². The van der Waals surface area contributed by atoms with Gasteiger partial charge in [0.15, 0.2) is 6.29 Å². The van der Waals surface area contributed by atoms with Gasteiger partial charge in [-0.05, 0) is 17.5 Å². The number of para-hydroxylation sites is 1. The molecule has 0 spiro atoms. The fourth-order valence-electron chi connectivity index (χ4n) is 2.98. The third-order valence-electron chi connectivity index (χ3n) is 4.17. The van der Waals surface area contributed by atoms with Gasteiger partial charge in [0.05, 0.1) is 5.52 Å². The van der Waals surface area contributed by atoms with E-state index in [9.17, 15) is 9.59 Å². The van der Waals surface area contributed by atoms with Crippen molar-refractivity contribution in [3.63, 3.8) is 0 Å². The standard InChI is InChI=1S/C20H20N2O2/c1-2-16-9-6-10-18-17(14-23)12-22(20(16)18)13-19(24)21-11-15-7-4-3-5-8-15/h3-10,12,14H,2,11,13H2,1H3,(H,21,24). The summed E-state index contributed by atoms with van der Waals surface area (Å²) in [6.07, 6.45) is 3.46. The first kappa shape index (κ1) is 16.0. The molecule has 1 aromatic heterocycles. The van der Waals surface area contributed by atoms with Gasteiger partial charge < -0.3 is 9.88 Å². The average Bonchev–Trinajstić information content (AvgIpc) is 2.98. The molecule has 0 saturated heterocycles. The van der Waals surface area contributed by atoms with Crippen LogP contribution in [-0.2, 0) is 24.3 Å². The fourth-order valence-corrected chi connectivity index (χ4v) is 2.98. The van der Waals surface area contributed by atoms with E-state index in [4.69, 9.17) is 0 Å². The maximum atomic E-state index is 12.3. The zero-order valence-corrected chi connectivity index (χ0v) is 13.7. The molecular weight excluding hydrogens is 300 g/mol. The van der Waals surface area contributed by atoms with E-state index < -0.39 is 0 Å². The number of carbonyl (C=O) groups excluding carboxylic acids is 2. The first-order valence-electron chi connectivity index (χ1n) is 8.09. The normalized spacial score (nSPS) is 10.7. The van der Waals surface area contributed by atoms with Crippen LogP contribution in [0.4, 0.5) is 0 Å². The lowest BCUT2D eigenvalue weighted by atomic mass is 10.1. The SMILES string of the molecule is CCc1cccc2c(C=O)cn(CC(=O)NCc3ccccc3)c12. The Bertz CT molecular complexity index is 866. The van der Waals surface area contributed by atoms with Gasteiger partial charge in [0.2, 0.25) is 5.91 Å². The second kappa shape index (κ2) is 7.13. The molecule has 4 nitrogen and oxygen atoms in total. The summed E-state index contributed by atoms with van der Waals surface area (Å²) in [7, 11) is 0. The lowest BCUT2D eigenvalue weighted by molar-refractivity contribution is -0.121. The Labute approximate surface area is 141 Å². The Morgan fingerprint density at radius 1 is 1.12 bits per heavy atom. The van der Waals surface area contributed by atoms with Crippen LogP contribution in [0.5, 0.6) is 0 Å². The molecular formula is C20H20N2O2. The van der Waals surface area contributed by atoms with Crippen molar-refractivity contribution in [1.82, 2.24) is 9.88 Å². The summed E-state index contributed by atoms with van der Waals surface area (Å²) in [6.45, 7) is 2.77. The minimum Gasteiger partial charge on any atom is -0.350 e. The predicted molar refractivity (Wildman–Crippen MR) is 95.0 cm³/mol. The molecule has 24 heavy (non-hydrogen) atoms. The Balaban J connectivity index is 1.81. The number of aldehydes is 1. The van der Waals surface area contributed by atoms with Gasteiger partial charge in [-0.15, -0.1) is 0 Å². The number of amides is 1. The summed E-state index contributed by atoms with van der Waals surface area (Å²) in [5, 5.41) is 3.83. The summed E-state index contributed by atoms with van der Waals surface area (Å²) in [4.78, 5) is 23.6. The van der Waals surface area contributed by atoms with Gasteiger partial charge in [-0.3, -0.25) is 9.59 Å². The number of benzene rings is 2. The van der Waals surface area contributed by atoms with Crippen molar-refractivity contribution < 1.29 is 9.59 Å². The van der Waals surface area contributed by atoms with Crippen LogP contribution >= 0.6 is 0 Å². The summed E-state index contributed by atoms with van der Waals surface area (Å²) >= 11 is 0. The summed E-state index contributed by atoms with van der Waals surface area (Å²) in [5.41, 5.74) is 3.79. The second-order valence-corrected chi connectivity index (χ2v) is 5.76. The topological polar surface area (TPSA) is 51.1 Å². The molecule has 2 aromatic carbocycles. The summed E-state index contributed by atoms with van der Waals surface area (Å²) in [5.74, 6) is -0.0703. The number of aryl methyl sites for hydroxylation is 1. The van der Waals surface area contributed by atoms with Crippen molar-refractivity contribution in [1.29, 1.82) is 0 Å².